The molecule has 0 fully saturated rings. The van der Waals surface area contributed by atoms with Crippen LogP contribution in [0.2, 0.25) is 0 Å². The smallest absolute Gasteiger partial charge is 0.194 e. The number of hydrogen-bond donors (Lipinski definition) is 1. The molecule has 5 heteroatoms. The molecule has 0 aliphatic heterocycles. The maximum absolute atomic E-state index is 13.6. The van der Waals surface area contributed by atoms with Gasteiger partial charge in [0.1, 0.15) is 0 Å². The van der Waals surface area contributed by atoms with Crippen molar-refractivity contribution in [2.45, 2.75) is 32.4 Å². The minimum Gasteiger partial charge on any atom is -0.374 e. The summed E-state index contributed by atoms with van der Waals surface area (Å²) in [7, 11) is 1.61. The molecule has 0 aliphatic rings. The molecule has 0 saturated heterocycles. The van der Waals surface area contributed by atoms with Crippen LogP contribution in [0.4, 0.5) is 13.2 Å². The number of hydrogen-bond acceptors (Lipinski definition) is 2. The zero-order chi connectivity index (χ0) is 13.9. The van der Waals surface area contributed by atoms with Crippen molar-refractivity contribution in [3.8, 4) is 0 Å². The highest BCUT2D eigenvalue weighted by Gasteiger charge is 2.21. The molecule has 2 nitrogen and oxygen atoms in total. The Bertz CT molecular complexity index is 415. The highest BCUT2D eigenvalue weighted by molar-refractivity contribution is 5.23. The van der Waals surface area contributed by atoms with Crippen LogP contribution in [0.3, 0.4) is 0 Å². The first-order valence-electron chi connectivity index (χ1n) is 5.71. The lowest BCUT2D eigenvalue weighted by Gasteiger charge is -2.24. The predicted octanol–water partition coefficient (Wildman–Crippen LogP) is 3.18. The van der Waals surface area contributed by atoms with Gasteiger partial charge in [-0.2, -0.15) is 0 Å². The van der Waals surface area contributed by atoms with Crippen LogP contribution in [-0.4, -0.2) is 19.3 Å². The molecule has 0 radical (unpaired) electrons. The zero-order valence-electron chi connectivity index (χ0n) is 11.0. The van der Waals surface area contributed by atoms with E-state index in [9.17, 15) is 13.2 Å². The van der Waals surface area contributed by atoms with Crippen molar-refractivity contribution in [2.24, 2.45) is 0 Å². The van der Waals surface area contributed by atoms with Crippen LogP contribution in [0, 0.1) is 17.5 Å². The van der Waals surface area contributed by atoms with E-state index < -0.39 is 23.5 Å². The highest BCUT2D eigenvalue weighted by Crippen LogP contribution is 2.23. The van der Waals surface area contributed by atoms with Gasteiger partial charge in [0.05, 0.1) is 18.2 Å². The molecule has 0 saturated carbocycles. The number of benzene rings is 1. The van der Waals surface area contributed by atoms with Gasteiger partial charge in [0, 0.05) is 5.56 Å². The lowest BCUT2D eigenvalue weighted by Crippen LogP contribution is -2.29. The first-order valence-corrected chi connectivity index (χ1v) is 5.71. The zero-order valence-corrected chi connectivity index (χ0v) is 11.0. The van der Waals surface area contributed by atoms with Crippen LogP contribution < -0.4 is 5.32 Å². The molecule has 0 aromatic heterocycles. The lowest BCUT2D eigenvalue weighted by atomic mass is 10.1. The molecule has 0 aliphatic carbocycles. The summed E-state index contributed by atoms with van der Waals surface area (Å²) in [6, 6.07) is 1.61. The molecule has 1 aromatic rings. The van der Waals surface area contributed by atoms with Crippen LogP contribution in [0.15, 0.2) is 12.1 Å². The van der Waals surface area contributed by atoms with Crippen molar-refractivity contribution in [1.29, 1.82) is 0 Å². The van der Waals surface area contributed by atoms with Gasteiger partial charge in [-0.3, -0.25) is 0 Å². The second-order valence-electron chi connectivity index (χ2n) is 5.03. The number of rotatable bonds is 4. The van der Waals surface area contributed by atoms with E-state index >= 15 is 0 Å². The summed E-state index contributed by atoms with van der Waals surface area (Å²) < 4.78 is 45.1. The molecule has 0 heterocycles. The van der Waals surface area contributed by atoms with Gasteiger partial charge in [-0.1, -0.05) is 6.07 Å². The van der Waals surface area contributed by atoms with Crippen molar-refractivity contribution in [2.75, 3.05) is 13.7 Å². The van der Waals surface area contributed by atoms with E-state index in [0.717, 1.165) is 6.07 Å². The van der Waals surface area contributed by atoms with E-state index in [1.54, 1.807) is 7.05 Å². The largest absolute Gasteiger partial charge is 0.374 e. The summed E-state index contributed by atoms with van der Waals surface area (Å²) in [5.41, 5.74) is -0.329. The maximum Gasteiger partial charge on any atom is 0.194 e. The third-order valence-electron chi connectivity index (χ3n) is 2.47. The summed E-state index contributed by atoms with van der Waals surface area (Å²) in [5.74, 6) is -3.82. The molecule has 1 atom stereocenters. The highest BCUT2D eigenvalue weighted by atomic mass is 19.2. The van der Waals surface area contributed by atoms with E-state index in [2.05, 4.69) is 5.32 Å². The Labute approximate surface area is 105 Å². The summed E-state index contributed by atoms with van der Waals surface area (Å²) in [6.45, 7) is 5.76. The first kappa shape index (κ1) is 15.0. The van der Waals surface area contributed by atoms with Crippen LogP contribution in [-0.2, 0) is 4.74 Å². The fraction of sp³-hybridized carbons (Fsp3) is 0.538. The van der Waals surface area contributed by atoms with Crippen LogP contribution in [0.1, 0.15) is 32.4 Å². The molecule has 1 aromatic carbocycles. The Morgan fingerprint density at radius 2 is 1.78 bits per heavy atom. The average molecular weight is 261 g/mol. The van der Waals surface area contributed by atoms with Crippen molar-refractivity contribution in [3.05, 3.63) is 35.1 Å². The molecule has 18 heavy (non-hydrogen) atoms. The minimum absolute atomic E-state index is 0.0562. The Balaban J connectivity index is 2.92. The molecular formula is C13H18F3NO. The Morgan fingerprint density at radius 3 is 2.28 bits per heavy atom. The van der Waals surface area contributed by atoms with Crippen molar-refractivity contribution < 1.29 is 17.9 Å². The molecule has 0 bridgehead atoms. The van der Waals surface area contributed by atoms with Crippen LogP contribution >= 0.6 is 0 Å². The Hall–Kier alpha value is -1.07. The van der Waals surface area contributed by atoms with Gasteiger partial charge in [-0.15, -0.1) is 0 Å². The molecule has 1 rings (SSSR count). The summed E-state index contributed by atoms with van der Waals surface area (Å²) in [5, 5.41) is 2.82. The summed E-state index contributed by atoms with van der Waals surface area (Å²) in [6.07, 6.45) is 0. The maximum atomic E-state index is 13.6. The van der Waals surface area contributed by atoms with E-state index in [0.29, 0.717) is 0 Å². The van der Waals surface area contributed by atoms with Gasteiger partial charge < -0.3 is 10.1 Å². The number of nitrogens with one attached hydrogen (secondary N) is 1. The van der Waals surface area contributed by atoms with E-state index in [1.807, 2.05) is 20.8 Å². The van der Waals surface area contributed by atoms with Gasteiger partial charge in [0.15, 0.2) is 17.5 Å². The van der Waals surface area contributed by atoms with E-state index in [4.69, 9.17) is 4.74 Å². The molecule has 0 amide bonds. The quantitative estimate of drug-likeness (QED) is 0.840. The van der Waals surface area contributed by atoms with E-state index in [1.165, 1.54) is 6.07 Å². The van der Waals surface area contributed by atoms with Gasteiger partial charge in [0.25, 0.3) is 0 Å². The normalized spacial score (nSPS) is 13.7. The van der Waals surface area contributed by atoms with Crippen molar-refractivity contribution >= 4 is 0 Å². The SMILES string of the molecule is CNC(COC(C)(C)C)c1ccc(F)c(F)c1F. The molecule has 1 N–H and O–H groups in total. The Morgan fingerprint density at radius 1 is 1.17 bits per heavy atom. The van der Waals surface area contributed by atoms with Crippen molar-refractivity contribution in [1.82, 2.24) is 5.32 Å². The van der Waals surface area contributed by atoms with Gasteiger partial charge in [0.2, 0.25) is 0 Å². The lowest BCUT2D eigenvalue weighted by molar-refractivity contribution is -0.0143. The predicted molar refractivity (Wildman–Crippen MR) is 63.8 cm³/mol. The first-order chi connectivity index (χ1) is 8.26. The third-order valence-corrected chi connectivity index (χ3v) is 2.47. The summed E-state index contributed by atoms with van der Waals surface area (Å²) >= 11 is 0. The third kappa shape index (κ3) is 3.71. The summed E-state index contributed by atoms with van der Waals surface area (Å²) in [4.78, 5) is 0. The molecule has 102 valence electrons. The van der Waals surface area contributed by atoms with E-state index in [-0.39, 0.29) is 17.8 Å². The molecular weight excluding hydrogens is 243 g/mol. The van der Waals surface area contributed by atoms with Crippen LogP contribution in [0.5, 0.6) is 0 Å². The fourth-order valence-electron chi connectivity index (χ4n) is 1.47. The van der Waals surface area contributed by atoms with Crippen molar-refractivity contribution in [3.63, 3.8) is 0 Å². The monoisotopic (exact) mass is 261 g/mol. The fourth-order valence-corrected chi connectivity index (χ4v) is 1.47. The average Bonchev–Trinajstić information content (AvgIpc) is 2.28. The second-order valence-corrected chi connectivity index (χ2v) is 5.03. The van der Waals surface area contributed by atoms with Gasteiger partial charge in [-0.25, -0.2) is 13.2 Å². The molecule has 1 unspecified atom stereocenters. The standard InChI is InChI=1S/C13H18F3NO/c1-13(2,3)18-7-10(17-4)8-5-6-9(14)12(16)11(8)15/h5-6,10,17H,7H2,1-4H3. The number of ether oxygens (including phenoxy) is 1. The number of likely N-dealkylation sites (N-methyl/N-ethyl adjacent to an activating group) is 1. The van der Waals surface area contributed by atoms with Gasteiger partial charge in [-0.05, 0) is 33.9 Å². The topological polar surface area (TPSA) is 21.3 Å². The van der Waals surface area contributed by atoms with Gasteiger partial charge >= 0.3 is 0 Å². The Kier molecular flexibility index (Phi) is 4.76. The minimum atomic E-state index is -1.46. The molecule has 0 spiro atoms. The number of halogens is 3. The van der Waals surface area contributed by atoms with Crippen LogP contribution in [0.25, 0.3) is 0 Å². The second kappa shape index (κ2) is 5.71.